The fourth-order valence-corrected chi connectivity index (χ4v) is 2.44. The Morgan fingerprint density at radius 2 is 1.83 bits per heavy atom. The van der Waals surface area contributed by atoms with Crippen LogP contribution >= 0.6 is 11.6 Å². The molecule has 0 spiro atoms. The maximum absolute atomic E-state index is 12.2. The number of aromatic amines is 1. The average molecular weight is 343 g/mol. The number of aromatic nitrogens is 1. The predicted molar refractivity (Wildman–Crippen MR) is 93.3 cm³/mol. The van der Waals surface area contributed by atoms with Gasteiger partial charge in [0.1, 0.15) is 5.69 Å². The number of para-hydroxylation sites is 2. The number of benzene rings is 2. The van der Waals surface area contributed by atoms with Crippen LogP contribution in [0.2, 0.25) is 5.02 Å². The Morgan fingerprint density at radius 1 is 1.12 bits per heavy atom. The monoisotopic (exact) mass is 342 g/mol. The van der Waals surface area contributed by atoms with E-state index in [2.05, 4.69) is 10.3 Å². The lowest BCUT2D eigenvalue weighted by molar-refractivity contribution is -0.123. The van der Waals surface area contributed by atoms with Gasteiger partial charge in [0, 0.05) is 10.9 Å². The van der Waals surface area contributed by atoms with Crippen molar-refractivity contribution in [1.29, 1.82) is 0 Å². The van der Waals surface area contributed by atoms with Crippen LogP contribution in [0.5, 0.6) is 0 Å². The van der Waals surface area contributed by atoms with Crippen LogP contribution < -0.4 is 5.32 Å². The largest absolute Gasteiger partial charge is 0.448 e. The summed E-state index contributed by atoms with van der Waals surface area (Å²) in [6.07, 6.45) is -0.958. The summed E-state index contributed by atoms with van der Waals surface area (Å²) in [4.78, 5) is 27.3. The molecule has 0 radical (unpaired) electrons. The first kappa shape index (κ1) is 16.1. The molecule has 1 aromatic heterocycles. The number of carbonyl (C=O) groups excluding carboxylic acids is 2. The normalized spacial score (nSPS) is 11.9. The minimum Gasteiger partial charge on any atom is -0.448 e. The number of esters is 1. The van der Waals surface area contributed by atoms with Crippen molar-refractivity contribution < 1.29 is 14.3 Å². The average Bonchev–Trinajstić information content (AvgIpc) is 3.01. The van der Waals surface area contributed by atoms with Crippen LogP contribution in [0.3, 0.4) is 0 Å². The highest BCUT2D eigenvalue weighted by Gasteiger charge is 2.20. The van der Waals surface area contributed by atoms with Crippen LogP contribution in [0.25, 0.3) is 10.9 Å². The minimum absolute atomic E-state index is 0.300. The van der Waals surface area contributed by atoms with E-state index < -0.39 is 18.0 Å². The predicted octanol–water partition coefficient (Wildman–Crippen LogP) is 4.01. The maximum Gasteiger partial charge on any atom is 0.355 e. The molecule has 1 atom stereocenters. The smallest absolute Gasteiger partial charge is 0.355 e. The van der Waals surface area contributed by atoms with Crippen LogP contribution in [0.15, 0.2) is 54.6 Å². The van der Waals surface area contributed by atoms with Gasteiger partial charge in [-0.25, -0.2) is 4.79 Å². The van der Waals surface area contributed by atoms with Gasteiger partial charge in [-0.1, -0.05) is 41.9 Å². The van der Waals surface area contributed by atoms with E-state index >= 15 is 0 Å². The van der Waals surface area contributed by atoms with Gasteiger partial charge in [-0.3, -0.25) is 4.79 Å². The number of hydrogen-bond acceptors (Lipinski definition) is 3. The lowest BCUT2D eigenvalue weighted by Gasteiger charge is -2.13. The number of nitrogens with one attached hydrogen (secondary N) is 2. The maximum atomic E-state index is 12.2. The molecule has 24 heavy (non-hydrogen) atoms. The van der Waals surface area contributed by atoms with Gasteiger partial charge in [0.2, 0.25) is 0 Å². The van der Waals surface area contributed by atoms with Crippen molar-refractivity contribution >= 4 is 40.1 Å². The number of H-pyrrole nitrogens is 1. The van der Waals surface area contributed by atoms with Gasteiger partial charge < -0.3 is 15.0 Å². The Hall–Kier alpha value is -2.79. The molecule has 2 N–H and O–H groups in total. The molecular weight excluding hydrogens is 328 g/mol. The molecule has 0 aliphatic carbocycles. The van der Waals surface area contributed by atoms with Crippen molar-refractivity contribution in [1.82, 2.24) is 4.98 Å². The van der Waals surface area contributed by atoms with Gasteiger partial charge >= 0.3 is 5.97 Å². The molecule has 0 saturated heterocycles. The highest BCUT2D eigenvalue weighted by atomic mass is 35.5. The SMILES string of the molecule is C[C@H](OC(=O)c1cc2ccccc2[nH]1)C(=O)Nc1ccccc1Cl. The van der Waals surface area contributed by atoms with Crippen LogP contribution in [-0.4, -0.2) is 23.0 Å². The molecule has 122 valence electrons. The van der Waals surface area contributed by atoms with Gasteiger partial charge in [-0.05, 0) is 31.2 Å². The summed E-state index contributed by atoms with van der Waals surface area (Å²) in [6.45, 7) is 1.51. The summed E-state index contributed by atoms with van der Waals surface area (Å²) < 4.78 is 5.21. The Morgan fingerprint density at radius 3 is 2.58 bits per heavy atom. The number of rotatable bonds is 4. The molecule has 3 aromatic rings. The fraction of sp³-hybridized carbons (Fsp3) is 0.111. The Labute approximate surface area is 143 Å². The first-order valence-electron chi connectivity index (χ1n) is 7.39. The molecule has 0 aliphatic heterocycles. The number of amides is 1. The summed E-state index contributed by atoms with van der Waals surface area (Å²) >= 11 is 5.99. The molecule has 0 aliphatic rings. The number of carbonyl (C=O) groups is 2. The van der Waals surface area contributed by atoms with E-state index in [9.17, 15) is 9.59 Å². The first-order valence-corrected chi connectivity index (χ1v) is 7.76. The number of hydrogen-bond donors (Lipinski definition) is 2. The second kappa shape index (κ2) is 6.76. The van der Waals surface area contributed by atoms with E-state index in [1.54, 1.807) is 30.3 Å². The molecule has 5 nitrogen and oxygen atoms in total. The molecule has 0 bridgehead atoms. The van der Waals surface area contributed by atoms with Crippen molar-refractivity contribution in [2.45, 2.75) is 13.0 Å². The molecule has 0 fully saturated rings. The number of ether oxygens (including phenoxy) is 1. The third kappa shape index (κ3) is 3.41. The summed E-state index contributed by atoms with van der Waals surface area (Å²) in [5, 5.41) is 3.95. The topological polar surface area (TPSA) is 71.2 Å². The lowest BCUT2D eigenvalue weighted by atomic mass is 10.2. The van der Waals surface area contributed by atoms with Crippen molar-refractivity contribution in [3.63, 3.8) is 0 Å². The van der Waals surface area contributed by atoms with Gasteiger partial charge in [-0.15, -0.1) is 0 Å². The Kier molecular flexibility index (Phi) is 4.53. The van der Waals surface area contributed by atoms with Crippen LogP contribution in [0.4, 0.5) is 5.69 Å². The summed E-state index contributed by atoms with van der Waals surface area (Å²) in [6, 6.07) is 16.0. The summed E-state index contributed by atoms with van der Waals surface area (Å²) in [5.74, 6) is -1.04. The zero-order valence-corrected chi connectivity index (χ0v) is 13.6. The van der Waals surface area contributed by atoms with E-state index in [0.29, 0.717) is 16.4 Å². The Bertz CT molecular complexity index is 871. The molecule has 1 amide bonds. The summed E-state index contributed by atoms with van der Waals surface area (Å²) in [5.41, 5.74) is 1.60. The molecule has 1 heterocycles. The lowest BCUT2D eigenvalue weighted by Crippen LogP contribution is -2.30. The number of anilines is 1. The van der Waals surface area contributed by atoms with Gasteiger partial charge in [-0.2, -0.15) is 0 Å². The second-order valence-corrected chi connectivity index (χ2v) is 5.69. The van der Waals surface area contributed by atoms with Gasteiger partial charge in [0.05, 0.1) is 10.7 Å². The van der Waals surface area contributed by atoms with Crippen LogP contribution in [-0.2, 0) is 9.53 Å². The van der Waals surface area contributed by atoms with Crippen molar-refractivity contribution in [2.24, 2.45) is 0 Å². The van der Waals surface area contributed by atoms with E-state index in [-0.39, 0.29) is 0 Å². The van der Waals surface area contributed by atoms with E-state index in [1.807, 2.05) is 24.3 Å². The van der Waals surface area contributed by atoms with Crippen molar-refractivity contribution in [3.05, 3.63) is 65.3 Å². The van der Waals surface area contributed by atoms with Crippen LogP contribution in [0, 0.1) is 0 Å². The standard InChI is InChI=1S/C18H15ClN2O3/c1-11(17(22)21-15-9-5-3-7-13(15)19)24-18(23)16-10-12-6-2-4-8-14(12)20-16/h2-11,20H,1H3,(H,21,22)/t11-/m0/s1. The van der Waals surface area contributed by atoms with Crippen molar-refractivity contribution in [3.8, 4) is 0 Å². The molecule has 3 rings (SSSR count). The molecule has 0 saturated carbocycles. The molecular formula is C18H15ClN2O3. The summed E-state index contributed by atoms with van der Waals surface area (Å²) in [7, 11) is 0. The van der Waals surface area contributed by atoms with E-state index in [0.717, 1.165) is 10.9 Å². The van der Waals surface area contributed by atoms with E-state index in [1.165, 1.54) is 6.92 Å². The highest BCUT2D eigenvalue weighted by Crippen LogP contribution is 2.21. The van der Waals surface area contributed by atoms with Crippen molar-refractivity contribution in [2.75, 3.05) is 5.32 Å². The number of fused-ring (bicyclic) bond motifs is 1. The Balaban J connectivity index is 1.67. The third-order valence-electron chi connectivity index (χ3n) is 3.53. The molecule has 2 aromatic carbocycles. The zero-order chi connectivity index (χ0) is 17.1. The van der Waals surface area contributed by atoms with Crippen LogP contribution in [0.1, 0.15) is 17.4 Å². The number of halogens is 1. The second-order valence-electron chi connectivity index (χ2n) is 5.29. The molecule has 6 heteroatoms. The quantitative estimate of drug-likeness (QED) is 0.704. The first-order chi connectivity index (χ1) is 11.5. The van der Waals surface area contributed by atoms with Gasteiger partial charge in [0.25, 0.3) is 5.91 Å². The van der Waals surface area contributed by atoms with E-state index in [4.69, 9.17) is 16.3 Å². The third-order valence-corrected chi connectivity index (χ3v) is 3.86. The highest BCUT2D eigenvalue weighted by molar-refractivity contribution is 6.33. The molecule has 0 unspecified atom stereocenters. The minimum atomic E-state index is -0.958. The van der Waals surface area contributed by atoms with Gasteiger partial charge in [0.15, 0.2) is 6.10 Å². The fourth-order valence-electron chi connectivity index (χ4n) is 2.26. The zero-order valence-electron chi connectivity index (χ0n) is 12.9.